The highest BCUT2D eigenvalue weighted by molar-refractivity contribution is 9.10. The van der Waals surface area contributed by atoms with Gasteiger partial charge in [0.1, 0.15) is 0 Å². The van der Waals surface area contributed by atoms with Crippen molar-refractivity contribution in [3.8, 4) is 11.3 Å². The minimum absolute atomic E-state index is 0.166. The average Bonchev–Trinajstić information content (AvgIpc) is 3.28. The predicted octanol–water partition coefficient (Wildman–Crippen LogP) is 4.36. The van der Waals surface area contributed by atoms with E-state index in [0.717, 1.165) is 15.7 Å². The van der Waals surface area contributed by atoms with E-state index >= 15 is 0 Å². The number of nitrogens with zero attached hydrogens (tertiary/aromatic N) is 2. The molecule has 9 heteroatoms. The number of carbonyl (C=O) groups excluding carboxylic acids is 1. The van der Waals surface area contributed by atoms with Crippen molar-refractivity contribution in [2.45, 2.75) is 6.42 Å². The number of thiazole rings is 1. The molecule has 0 aliphatic carbocycles. The Morgan fingerprint density at radius 1 is 1.18 bits per heavy atom. The Kier molecular flexibility index (Phi) is 5.22. The second-order valence-corrected chi connectivity index (χ2v) is 10.1. The van der Waals surface area contributed by atoms with Crippen LogP contribution in [-0.4, -0.2) is 31.6 Å². The molecule has 0 unspecified atom stereocenters. The van der Waals surface area contributed by atoms with Gasteiger partial charge in [0, 0.05) is 27.5 Å². The highest BCUT2D eigenvalue weighted by Crippen LogP contribution is 2.28. The number of sulfonamides is 1. The minimum atomic E-state index is -3.23. The molecule has 1 saturated heterocycles. The molecule has 6 nitrogen and oxygen atoms in total. The Labute approximate surface area is 175 Å². The summed E-state index contributed by atoms with van der Waals surface area (Å²) in [4.78, 5) is 17.0. The normalized spacial score (nSPS) is 15.5. The number of hydrogen-bond acceptors (Lipinski definition) is 5. The maximum absolute atomic E-state index is 12.5. The fourth-order valence-electron chi connectivity index (χ4n) is 2.99. The first-order chi connectivity index (χ1) is 13.4. The Balaban J connectivity index is 1.47. The topological polar surface area (TPSA) is 79.4 Å². The molecule has 0 saturated carbocycles. The van der Waals surface area contributed by atoms with Gasteiger partial charge in [0.2, 0.25) is 10.0 Å². The predicted molar refractivity (Wildman–Crippen MR) is 115 cm³/mol. The third-order valence-electron chi connectivity index (χ3n) is 4.36. The van der Waals surface area contributed by atoms with E-state index in [1.54, 1.807) is 24.3 Å². The monoisotopic (exact) mass is 477 g/mol. The number of rotatable bonds is 4. The molecule has 1 aromatic heterocycles. The molecule has 0 bridgehead atoms. The molecule has 1 aliphatic heterocycles. The summed E-state index contributed by atoms with van der Waals surface area (Å²) < 4.78 is 26.3. The number of halogens is 1. The number of benzene rings is 2. The van der Waals surface area contributed by atoms with Crippen LogP contribution < -0.4 is 9.62 Å². The van der Waals surface area contributed by atoms with Crippen molar-refractivity contribution in [3.63, 3.8) is 0 Å². The van der Waals surface area contributed by atoms with Crippen LogP contribution in [0.5, 0.6) is 0 Å². The van der Waals surface area contributed by atoms with Crippen LogP contribution in [0, 0.1) is 0 Å². The van der Waals surface area contributed by atoms with Gasteiger partial charge in [-0.05, 0) is 42.8 Å². The number of aromatic nitrogens is 1. The third-order valence-corrected chi connectivity index (χ3v) is 7.48. The van der Waals surface area contributed by atoms with Crippen LogP contribution in [0.25, 0.3) is 11.3 Å². The van der Waals surface area contributed by atoms with E-state index in [2.05, 4.69) is 26.2 Å². The zero-order valence-corrected chi connectivity index (χ0v) is 17.9. The van der Waals surface area contributed by atoms with Gasteiger partial charge in [-0.1, -0.05) is 28.1 Å². The Morgan fingerprint density at radius 3 is 2.64 bits per heavy atom. The zero-order valence-electron chi connectivity index (χ0n) is 14.6. The van der Waals surface area contributed by atoms with Crippen molar-refractivity contribution in [3.05, 3.63) is 63.9 Å². The van der Waals surface area contributed by atoms with Gasteiger partial charge in [-0.2, -0.15) is 0 Å². The van der Waals surface area contributed by atoms with Crippen LogP contribution in [0.2, 0.25) is 0 Å². The summed E-state index contributed by atoms with van der Waals surface area (Å²) in [7, 11) is -3.23. The fraction of sp³-hybridized carbons (Fsp3) is 0.158. The summed E-state index contributed by atoms with van der Waals surface area (Å²) in [6.45, 7) is 0.478. The van der Waals surface area contributed by atoms with Gasteiger partial charge in [-0.15, -0.1) is 11.3 Å². The van der Waals surface area contributed by atoms with Crippen molar-refractivity contribution in [1.82, 2.24) is 4.98 Å². The van der Waals surface area contributed by atoms with Crippen molar-refractivity contribution in [1.29, 1.82) is 0 Å². The molecular weight excluding hydrogens is 462 g/mol. The van der Waals surface area contributed by atoms with Gasteiger partial charge in [0.25, 0.3) is 5.91 Å². The van der Waals surface area contributed by atoms with Crippen LogP contribution >= 0.6 is 27.3 Å². The van der Waals surface area contributed by atoms with Crippen LogP contribution in [0.1, 0.15) is 16.8 Å². The molecule has 2 heterocycles. The summed E-state index contributed by atoms with van der Waals surface area (Å²) in [5.41, 5.74) is 2.78. The minimum Gasteiger partial charge on any atom is -0.298 e. The van der Waals surface area contributed by atoms with E-state index in [1.807, 2.05) is 29.6 Å². The van der Waals surface area contributed by atoms with E-state index in [-0.39, 0.29) is 11.7 Å². The molecule has 0 radical (unpaired) electrons. The summed E-state index contributed by atoms with van der Waals surface area (Å²) in [5, 5.41) is 5.19. The largest absolute Gasteiger partial charge is 0.298 e. The number of anilines is 2. The first-order valence-corrected chi connectivity index (χ1v) is 11.8. The fourth-order valence-corrected chi connectivity index (χ4v) is 5.67. The molecule has 0 spiro atoms. The first kappa shape index (κ1) is 19.1. The van der Waals surface area contributed by atoms with E-state index < -0.39 is 10.0 Å². The molecule has 0 atom stereocenters. The van der Waals surface area contributed by atoms with Crippen LogP contribution in [0.3, 0.4) is 0 Å². The maximum atomic E-state index is 12.5. The molecule has 2 aromatic carbocycles. The summed E-state index contributed by atoms with van der Waals surface area (Å²) in [6.07, 6.45) is 0.620. The van der Waals surface area contributed by atoms with E-state index in [9.17, 15) is 13.2 Å². The lowest BCUT2D eigenvalue weighted by atomic mass is 10.2. The number of nitrogens with one attached hydrogen (secondary N) is 1. The van der Waals surface area contributed by atoms with Crippen LogP contribution in [-0.2, 0) is 10.0 Å². The number of amides is 1. The highest BCUT2D eigenvalue weighted by atomic mass is 79.9. The van der Waals surface area contributed by atoms with Crippen LogP contribution in [0.4, 0.5) is 10.8 Å². The van der Waals surface area contributed by atoms with Crippen molar-refractivity contribution in [2.24, 2.45) is 0 Å². The van der Waals surface area contributed by atoms with E-state index in [4.69, 9.17) is 0 Å². The second-order valence-electron chi connectivity index (χ2n) is 6.29. The van der Waals surface area contributed by atoms with Crippen molar-refractivity contribution < 1.29 is 13.2 Å². The molecule has 28 heavy (non-hydrogen) atoms. The Bertz CT molecular complexity index is 1130. The van der Waals surface area contributed by atoms with Gasteiger partial charge in [-0.3, -0.25) is 14.4 Å². The SMILES string of the molecule is O=C(Nc1nc(-c2cccc(Br)c2)cs1)c1ccc(N2CCCS2(=O)=O)cc1. The van der Waals surface area contributed by atoms with E-state index in [0.29, 0.717) is 29.3 Å². The van der Waals surface area contributed by atoms with Gasteiger partial charge in [-0.25, -0.2) is 13.4 Å². The van der Waals surface area contributed by atoms with Crippen molar-refractivity contribution in [2.75, 3.05) is 21.9 Å². The number of hydrogen-bond donors (Lipinski definition) is 1. The Hall–Kier alpha value is -2.23. The molecule has 1 fully saturated rings. The highest BCUT2D eigenvalue weighted by Gasteiger charge is 2.28. The molecule has 4 rings (SSSR count). The quantitative estimate of drug-likeness (QED) is 0.604. The van der Waals surface area contributed by atoms with Gasteiger partial charge in [0.05, 0.1) is 17.1 Å². The maximum Gasteiger partial charge on any atom is 0.257 e. The number of carbonyl (C=O) groups is 1. The van der Waals surface area contributed by atoms with Gasteiger partial charge < -0.3 is 0 Å². The van der Waals surface area contributed by atoms with Gasteiger partial charge >= 0.3 is 0 Å². The Morgan fingerprint density at radius 2 is 1.96 bits per heavy atom. The lowest BCUT2D eigenvalue weighted by Crippen LogP contribution is -2.25. The summed E-state index contributed by atoms with van der Waals surface area (Å²) in [6, 6.07) is 14.4. The first-order valence-electron chi connectivity index (χ1n) is 8.56. The molecule has 1 aliphatic rings. The molecular formula is C19H16BrN3O3S2. The zero-order chi connectivity index (χ0) is 19.7. The van der Waals surface area contributed by atoms with E-state index in [1.165, 1.54) is 15.6 Å². The lowest BCUT2D eigenvalue weighted by molar-refractivity contribution is 0.102. The third kappa shape index (κ3) is 3.96. The smallest absolute Gasteiger partial charge is 0.257 e. The average molecular weight is 478 g/mol. The summed E-state index contributed by atoms with van der Waals surface area (Å²) >= 11 is 4.79. The van der Waals surface area contributed by atoms with Gasteiger partial charge in [0.15, 0.2) is 5.13 Å². The molecule has 1 amide bonds. The lowest BCUT2D eigenvalue weighted by Gasteiger charge is -2.16. The molecule has 144 valence electrons. The van der Waals surface area contributed by atoms with Crippen LogP contribution in [0.15, 0.2) is 58.4 Å². The standard InChI is InChI=1S/C19H16BrN3O3S2/c20-15-4-1-3-14(11-15)17-12-27-19(21-17)22-18(24)13-5-7-16(8-6-13)23-9-2-10-28(23,25)26/h1,3-8,11-12H,2,9-10H2,(H,21,22,24). The second kappa shape index (κ2) is 7.65. The molecule has 3 aromatic rings. The molecule has 1 N–H and O–H groups in total. The summed E-state index contributed by atoms with van der Waals surface area (Å²) in [5.74, 6) is -0.120. The van der Waals surface area contributed by atoms with Crippen molar-refractivity contribution >= 4 is 54.0 Å².